The van der Waals surface area contributed by atoms with Crippen molar-refractivity contribution in [3.63, 3.8) is 0 Å². The highest BCUT2D eigenvalue weighted by molar-refractivity contribution is 5.80. The lowest BCUT2D eigenvalue weighted by Gasteiger charge is -2.41. The number of unbranched alkanes of at least 4 members (excludes halogenated alkanes) is 17. The van der Waals surface area contributed by atoms with E-state index in [1.807, 2.05) is 18.2 Å². The van der Waals surface area contributed by atoms with E-state index in [4.69, 9.17) is 14.2 Å². The Balaban J connectivity index is 2.80. The number of nitrogens with one attached hydrogen (secondary N) is 1. The summed E-state index contributed by atoms with van der Waals surface area (Å²) < 4.78 is 17.5. The summed E-state index contributed by atoms with van der Waals surface area (Å²) in [6.07, 6.45) is 46.4. The molecule has 11 nitrogen and oxygen atoms in total. The molecule has 8 atom stereocenters. The first-order chi connectivity index (χ1) is 33.2. The number of aliphatic hydroxyl groups is 5. The van der Waals surface area contributed by atoms with E-state index in [1.165, 1.54) is 57.8 Å². The van der Waals surface area contributed by atoms with Crippen LogP contribution in [-0.2, 0) is 23.8 Å². The highest BCUT2D eigenvalue weighted by Crippen LogP contribution is 2.26. The van der Waals surface area contributed by atoms with E-state index in [-0.39, 0.29) is 19.4 Å². The number of carbonyl (C=O) groups is 2. The maximum Gasteiger partial charge on any atom is 0.306 e. The van der Waals surface area contributed by atoms with Crippen LogP contribution in [0.5, 0.6) is 0 Å². The number of rotatable bonds is 43. The highest BCUT2D eigenvalue weighted by Gasteiger charge is 2.47. The van der Waals surface area contributed by atoms with Crippen LogP contribution in [0.4, 0.5) is 0 Å². The normalized spacial score (nSPS) is 20.6. The molecule has 68 heavy (non-hydrogen) atoms. The Morgan fingerprint density at radius 3 is 1.65 bits per heavy atom. The molecule has 1 amide bonds. The molecule has 1 aliphatic heterocycles. The first kappa shape index (κ1) is 62.9. The number of ether oxygens (including phenoxy) is 3. The summed E-state index contributed by atoms with van der Waals surface area (Å²) in [7, 11) is 0. The van der Waals surface area contributed by atoms with Crippen LogP contribution in [0.2, 0.25) is 0 Å². The molecule has 1 heterocycles. The van der Waals surface area contributed by atoms with Crippen LogP contribution in [0.1, 0.15) is 201 Å². The lowest BCUT2D eigenvalue weighted by atomic mass is 9.99. The summed E-state index contributed by atoms with van der Waals surface area (Å²) in [6.45, 7) is 5.55. The van der Waals surface area contributed by atoms with Crippen LogP contribution < -0.4 is 5.32 Å². The Bertz CT molecular complexity index is 1420. The van der Waals surface area contributed by atoms with Gasteiger partial charge in [-0.2, -0.15) is 0 Å². The fourth-order valence-corrected chi connectivity index (χ4v) is 7.72. The number of amides is 1. The third-order valence-corrected chi connectivity index (χ3v) is 12.0. The van der Waals surface area contributed by atoms with Crippen molar-refractivity contribution >= 4 is 11.9 Å². The van der Waals surface area contributed by atoms with Crippen molar-refractivity contribution in [3.05, 3.63) is 85.1 Å². The maximum atomic E-state index is 13.3. The molecule has 0 aliphatic carbocycles. The van der Waals surface area contributed by atoms with Crippen LogP contribution >= 0.6 is 0 Å². The smallest absolute Gasteiger partial charge is 0.306 e. The molecule has 0 bridgehead atoms. The summed E-state index contributed by atoms with van der Waals surface area (Å²) in [6, 6.07) is -1.04. The van der Waals surface area contributed by atoms with Crippen LogP contribution in [-0.4, -0.2) is 99.6 Å². The minimum Gasteiger partial charge on any atom is -0.454 e. The molecule has 0 aromatic heterocycles. The Morgan fingerprint density at radius 2 is 1.07 bits per heavy atom. The van der Waals surface area contributed by atoms with Crippen molar-refractivity contribution in [2.24, 2.45) is 0 Å². The second-order valence-electron chi connectivity index (χ2n) is 18.2. The Kier molecular flexibility index (Phi) is 41.6. The highest BCUT2D eigenvalue weighted by atomic mass is 16.7. The van der Waals surface area contributed by atoms with Crippen molar-refractivity contribution < 1.29 is 49.3 Å². The number of carbonyl (C=O) groups excluding carboxylic acids is 2. The van der Waals surface area contributed by atoms with Crippen molar-refractivity contribution in [3.8, 4) is 0 Å². The average Bonchev–Trinajstić information content (AvgIpc) is 3.33. The molecule has 11 heteroatoms. The van der Waals surface area contributed by atoms with E-state index < -0.39 is 67.4 Å². The molecule has 1 fully saturated rings. The standard InChI is InChI=1S/C57H97NO10/c1-4-7-10-13-16-19-22-24-25-26-27-28-30-33-36-39-42-45-52(62)68-55-54(64)53(63)51(46-59)67-57(55)66-47-48(49(60)43-40-37-34-32-29-23-20-17-14-11-8-5-2)58-56(65)50(61)44-41-38-35-31-21-18-15-12-9-6-3/h7,10,15-16,18-19,24-25,27-28,33,36,40,43,48-51,53-55,57,59-61,63-64H,4-6,8-9,11-14,17,20-23,26,29-32,34-35,37-39,41-42,44-47H2,1-3H3,(H,58,65)/b10-7-,18-15-,19-16-,25-24-,28-27-,36-33-,43-40+. The zero-order valence-electron chi connectivity index (χ0n) is 42.7. The Morgan fingerprint density at radius 1 is 0.588 bits per heavy atom. The van der Waals surface area contributed by atoms with Crippen LogP contribution in [0, 0.1) is 0 Å². The van der Waals surface area contributed by atoms with E-state index in [0.29, 0.717) is 19.3 Å². The van der Waals surface area contributed by atoms with Gasteiger partial charge < -0.3 is 45.1 Å². The van der Waals surface area contributed by atoms with Crippen molar-refractivity contribution in [2.45, 2.75) is 250 Å². The minimum atomic E-state index is -1.64. The van der Waals surface area contributed by atoms with Gasteiger partial charge in [0.1, 0.15) is 24.4 Å². The molecule has 0 spiro atoms. The minimum absolute atomic E-state index is 0.0407. The van der Waals surface area contributed by atoms with E-state index >= 15 is 0 Å². The van der Waals surface area contributed by atoms with Gasteiger partial charge in [-0.3, -0.25) is 9.59 Å². The molecule has 0 aromatic carbocycles. The predicted molar refractivity (Wildman–Crippen MR) is 278 cm³/mol. The quantitative estimate of drug-likeness (QED) is 0.0196. The summed E-state index contributed by atoms with van der Waals surface area (Å²) in [5.74, 6) is -1.28. The molecular weight excluding hydrogens is 859 g/mol. The van der Waals surface area contributed by atoms with E-state index in [9.17, 15) is 35.1 Å². The van der Waals surface area contributed by atoms with Gasteiger partial charge in [0.15, 0.2) is 12.4 Å². The molecule has 1 rings (SSSR count). The summed E-state index contributed by atoms with van der Waals surface area (Å²) in [5, 5.41) is 56.6. The molecule has 1 aliphatic rings. The SMILES string of the molecule is CC/C=C\C/C=C\C/C=C\C/C=C\C/C=C\CCCC(=O)OC1C(OCC(NC(=O)C(O)CCCCCC/C=C\CCCC)C(O)/C=C/CCCCCCCCCCCC)OC(CO)C(O)C1O. The van der Waals surface area contributed by atoms with Gasteiger partial charge in [0, 0.05) is 6.42 Å². The van der Waals surface area contributed by atoms with Gasteiger partial charge in [0.05, 0.1) is 25.4 Å². The first-order valence-corrected chi connectivity index (χ1v) is 26.9. The lowest BCUT2D eigenvalue weighted by Crippen LogP contribution is -2.61. The number of allylic oxidation sites excluding steroid dienone is 13. The van der Waals surface area contributed by atoms with Gasteiger partial charge in [-0.15, -0.1) is 0 Å². The monoisotopic (exact) mass is 956 g/mol. The van der Waals surface area contributed by atoms with Crippen LogP contribution in [0.15, 0.2) is 85.1 Å². The number of hydrogen-bond donors (Lipinski definition) is 6. The number of esters is 1. The summed E-state index contributed by atoms with van der Waals surface area (Å²) in [4.78, 5) is 26.3. The summed E-state index contributed by atoms with van der Waals surface area (Å²) in [5.41, 5.74) is 0. The lowest BCUT2D eigenvalue weighted by molar-refractivity contribution is -0.305. The van der Waals surface area contributed by atoms with Crippen molar-refractivity contribution in [1.82, 2.24) is 5.32 Å². The fourth-order valence-electron chi connectivity index (χ4n) is 7.72. The zero-order valence-corrected chi connectivity index (χ0v) is 42.7. The molecule has 390 valence electrons. The maximum absolute atomic E-state index is 13.3. The molecule has 1 saturated heterocycles. The molecule has 8 unspecified atom stereocenters. The third-order valence-electron chi connectivity index (χ3n) is 12.0. The molecule has 0 aromatic rings. The van der Waals surface area contributed by atoms with Gasteiger partial charge in [0.25, 0.3) is 0 Å². The van der Waals surface area contributed by atoms with Crippen LogP contribution in [0.25, 0.3) is 0 Å². The fraction of sp³-hybridized carbons (Fsp3) is 0.719. The third kappa shape index (κ3) is 33.4. The van der Waals surface area contributed by atoms with Gasteiger partial charge in [-0.25, -0.2) is 0 Å². The van der Waals surface area contributed by atoms with E-state index in [2.05, 4.69) is 86.8 Å². The molecule has 0 radical (unpaired) electrons. The second-order valence-corrected chi connectivity index (χ2v) is 18.2. The first-order valence-electron chi connectivity index (χ1n) is 26.9. The van der Waals surface area contributed by atoms with Crippen molar-refractivity contribution in [2.75, 3.05) is 13.2 Å². The average molecular weight is 956 g/mol. The van der Waals surface area contributed by atoms with Gasteiger partial charge in [0.2, 0.25) is 5.91 Å². The molecule has 6 N–H and O–H groups in total. The van der Waals surface area contributed by atoms with Crippen molar-refractivity contribution in [1.29, 1.82) is 0 Å². The van der Waals surface area contributed by atoms with Crippen LogP contribution in [0.3, 0.4) is 0 Å². The zero-order chi connectivity index (χ0) is 49.7. The van der Waals surface area contributed by atoms with E-state index in [1.54, 1.807) is 6.08 Å². The Hall–Kier alpha value is -3.16. The predicted octanol–water partition coefficient (Wildman–Crippen LogP) is 11.4. The van der Waals surface area contributed by atoms with Gasteiger partial charge in [-0.1, -0.05) is 196 Å². The van der Waals surface area contributed by atoms with Gasteiger partial charge >= 0.3 is 5.97 Å². The largest absolute Gasteiger partial charge is 0.454 e. The molecular formula is C57H97NO10. The molecule has 0 saturated carbocycles. The van der Waals surface area contributed by atoms with E-state index in [0.717, 1.165) is 89.9 Å². The number of aliphatic hydroxyl groups excluding tert-OH is 5. The summed E-state index contributed by atoms with van der Waals surface area (Å²) >= 11 is 0. The number of hydrogen-bond acceptors (Lipinski definition) is 10. The van der Waals surface area contributed by atoms with Gasteiger partial charge in [-0.05, 0) is 83.5 Å². The Labute approximate surface area is 413 Å². The topological polar surface area (TPSA) is 175 Å². The second kappa shape index (κ2) is 45.0.